The first-order chi connectivity index (χ1) is 16.8. The molecule has 1 aliphatic heterocycles. The topological polar surface area (TPSA) is 108 Å². The highest BCUT2D eigenvalue weighted by Crippen LogP contribution is 2.29. The minimum absolute atomic E-state index is 0.0188. The van der Waals surface area contributed by atoms with Gasteiger partial charge in [-0.05, 0) is 30.7 Å². The molecular weight excluding hydrogens is 444 g/mol. The molecule has 0 aliphatic carbocycles. The molecule has 180 valence electrons. The largest absolute Gasteiger partial charge is 0.416 e. The summed E-state index contributed by atoms with van der Waals surface area (Å²) in [4.78, 5) is 21.0. The molecule has 1 aromatic heterocycles. The first kappa shape index (κ1) is 20.6. The summed E-state index contributed by atoms with van der Waals surface area (Å²) in [7, 11) is 0. The number of aliphatic hydroxyl groups is 1. The third-order valence-corrected chi connectivity index (χ3v) is 5.37. The van der Waals surface area contributed by atoms with E-state index in [0.717, 1.165) is 30.6 Å². The average molecular weight is 473 g/mol. The van der Waals surface area contributed by atoms with Crippen molar-refractivity contribution in [1.29, 1.82) is 0 Å². The third-order valence-electron chi connectivity index (χ3n) is 5.37. The molecule has 33 heavy (non-hydrogen) atoms. The molecule has 1 amide bonds. The maximum Gasteiger partial charge on any atom is 0.416 e. The molecule has 0 radical (unpaired) electrons. The van der Waals surface area contributed by atoms with Crippen LogP contribution in [0.25, 0.3) is 0 Å². The maximum absolute atomic E-state index is 15.3. The number of amides is 1. The van der Waals surface area contributed by atoms with Crippen LogP contribution in [0.3, 0.4) is 0 Å². The fourth-order valence-electron chi connectivity index (χ4n) is 3.60. The summed E-state index contributed by atoms with van der Waals surface area (Å²) in [5.74, 6) is -2.69. The fourth-order valence-corrected chi connectivity index (χ4v) is 3.60. The van der Waals surface area contributed by atoms with Crippen molar-refractivity contribution >= 4 is 17.5 Å². The summed E-state index contributed by atoms with van der Waals surface area (Å²) in [6, 6.07) is 3.87. The first-order valence-corrected chi connectivity index (χ1v) is 10.1. The monoisotopic (exact) mass is 473 g/mol. The van der Waals surface area contributed by atoms with Crippen LogP contribution in [0.1, 0.15) is 21.7 Å². The molecule has 2 heterocycles. The summed E-state index contributed by atoms with van der Waals surface area (Å²) in [5, 5.41) is 13.1. The van der Waals surface area contributed by atoms with Crippen LogP contribution in [0.2, 0.25) is 0 Å². The number of nitrogens with zero attached hydrogens (tertiary/aromatic N) is 4. The number of benzene rings is 1. The Hall–Kier alpha value is -2.99. The average Bonchev–Trinajstić information content (AvgIpc) is 2.77. The van der Waals surface area contributed by atoms with Crippen molar-refractivity contribution in [3.8, 4) is 0 Å². The summed E-state index contributed by atoms with van der Waals surface area (Å²) < 4.78 is 77.2. The Balaban J connectivity index is 1.73. The minimum atomic E-state index is -4.55. The zero-order valence-corrected chi connectivity index (χ0v) is 17.5. The lowest BCUT2D eigenvalue weighted by molar-refractivity contribution is -0.137. The van der Waals surface area contributed by atoms with Gasteiger partial charge in [0.2, 0.25) is 11.7 Å². The Kier molecular flexibility index (Phi) is 6.43. The van der Waals surface area contributed by atoms with E-state index in [-0.39, 0.29) is 36.9 Å². The van der Waals surface area contributed by atoms with Crippen molar-refractivity contribution in [2.45, 2.75) is 25.2 Å². The number of nitrogens with two attached hydrogens (primary N) is 1. The normalized spacial score (nSPS) is 21.1. The minimum Gasteiger partial charge on any atom is -0.391 e. The second kappa shape index (κ2) is 10.3. The van der Waals surface area contributed by atoms with Crippen molar-refractivity contribution in [3.05, 3.63) is 47.5 Å². The first-order valence-electron chi connectivity index (χ1n) is 11.6. The smallest absolute Gasteiger partial charge is 0.391 e. The molecule has 12 heteroatoms. The molecule has 1 saturated heterocycles. The van der Waals surface area contributed by atoms with Crippen molar-refractivity contribution in [1.82, 2.24) is 14.9 Å². The van der Waals surface area contributed by atoms with Gasteiger partial charge in [-0.25, -0.2) is 9.97 Å². The van der Waals surface area contributed by atoms with Crippen LogP contribution < -0.4 is 16.0 Å². The van der Waals surface area contributed by atoms with Gasteiger partial charge in [-0.15, -0.1) is 0 Å². The Labute approximate surface area is 192 Å². The highest BCUT2D eigenvalue weighted by molar-refractivity contribution is 5.75. The van der Waals surface area contributed by atoms with Crippen LogP contribution >= 0.6 is 0 Å². The Morgan fingerprint density at radius 3 is 2.70 bits per heavy atom. The van der Waals surface area contributed by atoms with E-state index in [4.69, 9.17) is 9.85 Å². The molecule has 1 fully saturated rings. The van der Waals surface area contributed by atoms with Crippen molar-refractivity contribution in [2.24, 2.45) is 11.7 Å². The number of β-amino-alcohol motifs (C(OH)–C–C–N with tert-alkyl or cyclic N) is 1. The number of likely N-dealkylation sites (tertiary alicyclic amines) is 1. The number of halogens is 4. The molecule has 8 nitrogen and oxygen atoms in total. The number of aromatic nitrogens is 2. The number of hydrogen-bond donors (Lipinski definition) is 3. The van der Waals surface area contributed by atoms with Gasteiger partial charge in [0.1, 0.15) is 6.33 Å². The highest BCUT2D eigenvalue weighted by Gasteiger charge is 2.30. The Morgan fingerprint density at radius 1 is 1.36 bits per heavy atom. The molecule has 1 aliphatic rings. The standard InChI is InChI=1S/C21H26F4N6O2/c1-30(9-13-2-4-15(5-3-13)21(23,24)25)20-18(22)19(28-12-29-20)27-8-14-6-7-31(10-16(14)32)11-17(26)33/h2-5,12,14,16,32H,6-11H2,1H3,(H2,26,33)(H,27,28,29)/t14-,16+/m1/s1/i1D3. The van der Waals surface area contributed by atoms with E-state index in [1.54, 1.807) is 4.90 Å². The molecule has 4 N–H and O–H groups in total. The molecule has 3 rings (SSSR count). The van der Waals surface area contributed by atoms with E-state index in [9.17, 15) is 23.1 Å². The maximum atomic E-state index is 15.3. The molecular formula is C21H26F4N6O2. The van der Waals surface area contributed by atoms with Crippen LogP contribution in [0.4, 0.5) is 29.2 Å². The van der Waals surface area contributed by atoms with Gasteiger partial charge in [-0.1, -0.05) is 12.1 Å². The Morgan fingerprint density at radius 2 is 2.09 bits per heavy atom. The molecule has 0 spiro atoms. The number of rotatable bonds is 8. The summed E-state index contributed by atoms with van der Waals surface area (Å²) in [5.41, 5.74) is 4.49. The van der Waals surface area contributed by atoms with Crippen molar-refractivity contribution in [3.63, 3.8) is 0 Å². The zero-order valence-electron chi connectivity index (χ0n) is 20.5. The number of nitrogens with one attached hydrogen (secondary N) is 1. The fraction of sp³-hybridized carbons (Fsp3) is 0.476. The number of hydrogen-bond acceptors (Lipinski definition) is 7. The van der Waals surface area contributed by atoms with Crippen LogP contribution in [-0.4, -0.2) is 65.1 Å². The zero-order chi connectivity index (χ0) is 26.7. The summed E-state index contributed by atoms with van der Waals surface area (Å²) >= 11 is 0. The molecule has 2 aromatic rings. The number of carbonyl (C=O) groups excluding carboxylic acids is 1. The predicted octanol–water partition coefficient (Wildman–Crippen LogP) is 1.85. The number of primary amides is 1. The van der Waals surface area contributed by atoms with E-state index in [2.05, 4.69) is 15.3 Å². The van der Waals surface area contributed by atoms with Gasteiger partial charge in [0.25, 0.3) is 0 Å². The van der Waals surface area contributed by atoms with Gasteiger partial charge in [-0.3, -0.25) is 9.69 Å². The van der Waals surface area contributed by atoms with Crippen molar-refractivity contribution < 1.29 is 31.6 Å². The molecule has 1 aromatic carbocycles. The van der Waals surface area contributed by atoms with E-state index >= 15 is 4.39 Å². The van der Waals surface area contributed by atoms with Crippen LogP contribution in [0.15, 0.2) is 30.6 Å². The van der Waals surface area contributed by atoms with E-state index in [1.807, 2.05) is 0 Å². The van der Waals surface area contributed by atoms with Crippen molar-refractivity contribution in [2.75, 3.05) is 43.4 Å². The number of piperidine rings is 1. The van der Waals surface area contributed by atoms with E-state index in [0.29, 0.717) is 17.9 Å². The van der Waals surface area contributed by atoms with Gasteiger partial charge < -0.3 is 21.1 Å². The van der Waals surface area contributed by atoms with Gasteiger partial charge in [0, 0.05) is 36.6 Å². The van der Waals surface area contributed by atoms with E-state index < -0.39 is 48.9 Å². The highest BCUT2D eigenvalue weighted by atomic mass is 19.4. The molecule has 2 atom stereocenters. The van der Waals surface area contributed by atoms with Gasteiger partial charge in [0.15, 0.2) is 11.6 Å². The summed E-state index contributed by atoms with van der Waals surface area (Å²) in [6.07, 6.45) is -3.89. The second-order valence-electron chi connectivity index (χ2n) is 7.84. The van der Waals surface area contributed by atoms with Gasteiger partial charge >= 0.3 is 6.18 Å². The van der Waals surface area contributed by atoms with E-state index in [1.165, 1.54) is 0 Å². The number of carbonyl (C=O) groups is 1. The molecule has 0 unspecified atom stereocenters. The van der Waals surface area contributed by atoms with Gasteiger partial charge in [-0.2, -0.15) is 17.6 Å². The predicted molar refractivity (Wildman–Crippen MR) is 114 cm³/mol. The quantitative estimate of drug-likeness (QED) is 0.503. The van der Waals surface area contributed by atoms with Gasteiger partial charge in [0.05, 0.1) is 18.2 Å². The third kappa shape index (κ3) is 6.51. The number of anilines is 2. The number of alkyl halides is 3. The Bertz CT molecular complexity index is 1060. The molecule has 0 saturated carbocycles. The second-order valence-corrected chi connectivity index (χ2v) is 7.84. The van der Waals surface area contributed by atoms with Crippen LogP contribution in [0, 0.1) is 11.7 Å². The lowest BCUT2D eigenvalue weighted by Gasteiger charge is -2.35. The summed E-state index contributed by atoms with van der Waals surface area (Å²) in [6.45, 7) is -2.44. The molecule has 0 bridgehead atoms. The lowest BCUT2D eigenvalue weighted by atomic mass is 9.94. The lowest BCUT2D eigenvalue weighted by Crippen LogP contribution is -2.48. The van der Waals surface area contributed by atoms with Crippen LogP contribution in [-0.2, 0) is 17.5 Å². The number of aliphatic hydroxyl groups excluding tert-OH is 1. The SMILES string of the molecule is [2H]C([2H])([2H])N(Cc1ccc(C(F)(F)F)cc1)c1ncnc(NC[C@H]2CCN(CC(N)=O)C[C@@H]2O)c1F. The van der Waals surface area contributed by atoms with Crippen LogP contribution in [0.5, 0.6) is 0 Å².